The fraction of sp³-hybridized carbons (Fsp3) is 0.261. The van der Waals surface area contributed by atoms with Gasteiger partial charge in [0.2, 0.25) is 0 Å². The van der Waals surface area contributed by atoms with Crippen molar-refractivity contribution in [3.8, 4) is 17.2 Å². The molecule has 2 aromatic carbocycles. The van der Waals surface area contributed by atoms with Crippen LogP contribution in [0, 0.1) is 0 Å². The second kappa shape index (κ2) is 9.65. The Bertz CT molecular complexity index is 904. The molecule has 0 saturated heterocycles. The lowest BCUT2D eigenvalue weighted by Crippen LogP contribution is -2.12. The molecule has 1 heterocycles. The summed E-state index contributed by atoms with van der Waals surface area (Å²) in [4.78, 5) is 12.7. The molecule has 28 heavy (non-hydrogen) atoms. The summed E-state index contributed by atoms with van der Waals surface area (Å²) < 4.78 is 13.5. The second-order valence-corrected chi connectivity index (χ2v) is 6.45. The molecule has 146 valence electrons. The number of hydrogen-bond acceptors (Lipinski definition) is 3. The molecular weight excluding hydrogens is 352 g/mol. The van der Waals surface area contributed by atoms with Crippen LogP contribution >= 0.6 is 0 Å². The highest BCUT2D eigenvalue weighted by atomic mass is 16.5. The van der Waals surface area contributed by atoms with E-state index in [1.807, 2.05) is 65.5 Å². The maximum atomic E-state index is 12.7. The first-order chi connectivity index (χ1) is 13.7. The summed E-state index contributed by atoms with van der Waals surface area (Å²) in [5, 5.41) is 2.95. The summed E-state index contributed by atoms with van der Waals surface area (Å²) in [5.74, 6) is 1.18. The number of benzene rings is 2. The minimum Gasteiger partial charge on any atom is -0.490 e. The molecule has 0 spiro atoms. The molecule has 0 radical (unpaired) electrons. The van der Waals surface area contributed by atoms with Crippen molar-refractivity contribution >= 4 is 11.6 Å². The molecule has 0 atom stereocenters. The van der Waals surface area contributed by atoms with Crippen molar-refractivity contribution in [3.63, 3.8) is 0 Å². The Morgan fingerprint density at radius 1 is 0.893 bits per heavy atom. The van der Waals surface area contributed by atoms with Gasteiger partial charge in [0.05, 0.1) is 13.2 Å². The zero-order valence-corrected chi connectivity index (χ0v) is 16.4. The van der Waals surface area contributed by atoms with E-state index in [0.29, 0.717) is 36.0 Å². The summed E-state index contributed by atoms with van der Waals surface area (Å²) >= 11 is 0. The zero-order valence-electron chi connectivity index (χ0n) is 16.4. The number of nitrogens with one attached hydrogen (secondary N) is 1. The van der Waals surface area contributed by atoms with Crippen LogP contribution in [0.15, 0.2) is 67.0 Å². The number of carbonyl (C=O) groups excluding carboxylic acids is 1. The highest BCUT2D eigenvalue weighted by Crippen LogP contribution is 2.31. The van der Waals surface area contributed by atoms with Gasteiger partial charge in [-0.25, -0.2) is 0 Å². The first-order valence-electron chi connectivity index (χ1n) is 9.65. The van der Waals surface area contributed by atoms with E-state index in [1.165, 1.54) is 0 Å². The van der Waals surface area contributed by atoms with Gasteiger partial charge in [0.25, 0.3) is 5.91 Å². The Hall–Kier alpha value is -3.21. The van der Waals surface area contributed by atoms with Gasteiger partial charge in [0, 0.05) is 35.4 Å². The average molecular weight is 378 g/mol. The van der Waals surface area contributed by atoms with Crippen LogP contribution in [0.1, 0.15) is 37.0 Å². The van der Waals surface area contributed by atoms with E-state index in [0.717, 1.165) is 18.5 Å². The van der Waals surface area contributed by atoms with Crippen LogP contribution in [-0.4, -0.2) is 23.7 Å². The Labute approximate surface area is 165 Å². The van der Waals surface area contributed by atoms with E-state index in [9.17, 15) is 4.79 Å². The van der Waals surface area contributed by atoms with Crippen LogP contribution in [-0.2, 0) is 0 Å². The SMILES string of the molecule is CCCOc1ccc(NC(=O)c2cccc(-n3cccc3)c2)cc1OCCC. The standard InChI is InChI=1S/C23H26N2O3/c1-3-14-27-21-11-10-19(17-22(21)28-15-4-2)24-23(26)18-8-7-9-20(16-18)25-12-5-6-13-25/h5-13,16-17H,3-4,14-15H2,1-2H3,(H,24,26). The Morgan fingerprint density at radius 3 is 2.32 bits per heavy atom. The molecule has 1 N–H and O–H groups in total. The van der Waals surface area contributed by atoms with Crippen molar-refractivity contribution in [2.24, 2.45) is 0 Å². The molecule has 0 aliphatic carbocycles. The van der Waals surface area contributed by atoms with Crippen LogP contribution in [0.2, 0.25) is 0 Å². The number of nitrogens with zero attached hydrogens (tertiary/aromatic N) is 1. The quantitative estimate of drug-likeness (QED) is 0.549. The lowest BCUT2D eigenvalue weighted by molar-refractivity contribution is 0.102. The summed E-state index contributed by atoms with van der Waals surface area (Å²) in [5.41, 5.74) is 2.20. The van der Waals surface area contributed by atoms with E-state index in [2.05, 4.69) is 19.2 Å². The highest BCUT2D eigenvalue weighted by molar-refractivity contribution is 6.04. The molecule has 1 amide bonds. The smallest absolute Gasteiger partial charge is 0.255 e. The molecule has 5 nitrogen and oxygen atoms in total. The van der Waals surface area contributed by atoms with Gasteiger partial charge in [-0.2, -0.15) is 0 Å². The number of anilines is 1. The average Bonchev–Trinajstić information content (AvgIpc) is 3.26. The number of aromatic nitrogens is 1. The molecule has 0 aliphatic heterocycles. The Morgan fingerprint density at radius 2 is 1.61 bits per heavy atom. The first-order valence-corrected chi connectivity index (χ1v) is 9.65. The molecule has 1 aromatic heterocycles. The van der Waals surface area contributed by atoms with Gasteiger partial charge in [0.15, 0.2) is 11.5 Å². The van der Waals surface area contributed by atoms with E-state index < -0.39 is 0 Å². The van der Waals surface area contributed by atoms with Gasteiger partial charge in [-0.3, -0.25) is 4.79 Å². The first kappa shape index (κ1) is 19.5. The van der Waals surface area contributed by atoms with Crippen LogP contribution in [0.5, 0.6) is 11.5 Å². The Kier molecular flexibility index (Phi) is 6.73. The topological polar surface area (TPSA) is 52.5 Å². The van der Waals surface area contributed by atoms with Gasteiger partial charge in [-0.05, 0) is 55.3 Å². The number of hydrogen-bond donors (Lipinski definition) is 1. The predicted octanol–water partition coefficient (Wildman–Crippen LogP) is 5.31. The molecule has 3 aromatic rings. The molecule has 0 bridgehead atoms. The lowest BCUT2D eigenvalue weighted by atomic mass is 10.1. The van der Waals surface area contributed by atoms with Crippen LogP contribution in [0.4, 0.5) is 5.69 Å². The van der Waals surface area contributed by atoms with Crippen LogP contribution in [0.25, 0.3) is 5.69 Å². The molecule has 0 aliphatic rings. The van der Waals surface area contributed by atoms with Crippen molar-refractivity contribution in [1.82, 2.24) is 4.57 Å². The molecular formula is C23H26N2O3. The summed E-state index contributed by atoms with van der Waals surface area (Å²) in [6.45, 7) is 5.33. The molecule has 3 rings (SSSR count). The molecule has 5 heteroatoms. The summed E-state index contributed by atoms with van der Waals surface area (Å²) in [7, 11) is 0. The second-order valence-electron chi connectivity index (χ2n) is 6.45. The van der Waals surface area contributed by atoms with Crippen molar-refractivity contribution < 1.29 is 14.3 Å². The third-order valence-corrected chi connectivity index (χ3v) is 4.14. The molecule has 0 saturated carbocycles. The summed E-state index contributed by atoms with van der Waals surface area (Å²) in [6.07, 6.45) is 5.71. The van der Waals surface area contributed by atoms with E-state index in [4.69, 9.17) is 9.47 Å². The van der Waals surface area contributed by atoms with Gasteiger partial charge < -0.3 is 19.4 Å². The minimum absolute atomic E-state index is 0.169. The van der Waals surface area contributed by atoms with Gasteiger partial charge >= 0.3 is 0 Å². The zero-order chi connectivity index (χ0) is 19.8. The highest BCUT2D eigenvalue weighted by Gasteiger charge is 2.11. The lowest BCUT2D eigenvalue weighted by Gasteiger charge is -2.14. The summed E-state index contributed by atoms with van der Waals surface area (Å²) in [6, 6.07) is 16.9. The third-order valence-electron chi connectivity index (χ3n) is 4.14. The van der Waals surface area contributed by atoms with Gasteiger partial charge in [0.1, 0.15) is 0 Å². The van der Waals surface area contributed by atoms with E-state index in [1.54, 1.807) is 6.07 Å². The number of amides is 1. The molecule has 0 fully saturated rings. The number of carbonyl (C=O) groups is 1. The normalized spacial score (nSPS) is 10.5. The number of rotatable bonds is 9. The number of ether oxygens (including phenoxy) is 2. The largest absolute Gasteiger partial charge is 0.490 e. The van der Waals surface area contributed by atoms with Crippen molar-refractivity contribution in [2.75, 3.05) is 18.5 Å². The minimum atomic E-state index is -0.169. The monoisotopic (exact) mass is 378 g/mol. The van der Waals surface area contributed by atoms with E-state index in [-0.39, 0.29) is 5.91 Å². The molecule has 0 unspecified atom stereocenters. The van der Waals surface area contributed by atoms with Gasteiger partial charge in [-0.15, -0.1) is 0 Å². The van der Waals surface area contributed by atoms with Crippen molar-refractivity contribution in [1.29, 1.82) is 0 Å². The van der Waals surface area contributed by atoms with Gasteiger partial charge in [-0.1, -0.05) is 19.9 Å². The fourth-order valence-electron chi connectivity index (χ4n) is 2.76. The Balaban J connectivity index is 1.77. The third kappa shape index (κ3) is 4.94. The van der Waals surface area contributed by atoms with Crippen molar-refractivity contribution in [3.05, 3.63) is 72.6 Å². The van der Waals surface area contributed by atoms with Crippen LogP contribution < -0.4 is 14.8 Å². The van der Waals surface area contributed by atoms with Crippen molar-refractivity contribution in [2.45, 2.75) is 26.7 Å². The fourth-order valence-corrected chi connectivity index (χ4v) is 2.76. The van der Waals surface area contributed by atoms with E-state index >= 15 is 0 Å². The van der Waals surface area contributed by atoms with Crippen LogP contribution in [0.3, 0.4) is 0 Å². The predicted molar refractivity (Wildman–Crippen MR) is 112 cm³/mol. The maximum Gasteiger partial charge on any atom is 0.255 e. The maximum absolute atomic E-state index is 12.7.